The standard InChI is InChI=1S/C11H16O2/c1-7-4-10(6-9(3)12)11(13)5-8(7)2/h4-5,9,12-13H,6H2,1-3H3/t9-/m1/s1. The fourth-order valence-corrected chi connectivity index (χ4v) is 1.34. The molecule has 0 radical (unpaired) electrons. The first-order valence-corrected chi connectivity index (χ1v) is 4.48. The molecule has 0 amide bonds. The highest BCUT2D eigenvalue weighted by Gasteiger charge is 2.06. The van der Waals surface area contributed by atoms with Gasteiger partial charge in [-0.3, -0.25) is 0 Å². The van der Waals surface area contributed by atoms with Gasteiger partial charge in [0, 0.05) is 6.42 Å². The Morgan fingerprint density at radius 2 is 1.77 bits per heavy atom. The maximum atomic E-state index is 9.55. The Morgan fingerprint density at radius 3 is 2.31 bits per heavy atom. The van der Waals surface area contributed by atoms with Crippen molar-refractivity contribution in [3.63, 3.8) is 0 Å². The summed E-state index contributed by atoms with van der Waals surface area (Å²) in [5, 5.41) is 18.7. The number of aromatic hydroxyl groups is 1. The minimum Gasteiger partial charge on any atom is -0.508 e. The summed E-state index contributed by atoms with van der Waals surface area (Å²) in [4.78, 5) is 0. The second kappa shape index (κ2) is 3.79. The number of benzene rings is 1. The highest BCUT2D eigenvalue weighted by molar-refractivity contribution is 5.41. The van der Waals surface area contributed by atoms with Crippen molar-refractivity contribution in [3.05, 3.63) is 28.8 Å². The molecule has 0 aliphatic heterocycles. The quantitative estimate of drug-likeness (QED) is 0.730. The van der Waals surface area contributed by atoms with Crippen molar-refractivity contribution < 1.29 is 10.2 Å². The largest absolute Gasteiger partial charge is 0.508 e. The summed E-state index contributed by atoms with van der Waals surface area (Å²) in [6.07, 6.45) is 0.0976. The van der Waals surface area contributed by atoms with Gasteiger partial charge in [-0.25, -0.2) is 0 Å². The van der Waals surface area contributed by atoms with Crippen LogP contribution in [0, 0.1) is 13.8 Å². The van der Waals surface area contributed by atoms with E-state index < -0.39 is 6.10 Å². The zero-order valence-electron chi connectivity index (χ0n) is 8.33. The summed E-state index contributed by atoms with van der Waals surface area (Å²) >= 11 is 0. The van der Waals surface area contributed by atoms with Crippen LogP contribution in [-0.2, 0) is 6.42 Å². The molecular weight excluding hydrogens is 164 g/mol. The first-order chi connectivity index (χ1) is 6.00. The van der Waals surface area contributed by atoms with Crippen molar-refractivity contribution in [2.45, 2.75) is 33.3 Å². The van der Waals surface area contributed by atoms with Crippen LogP contribution in [0.25, 0.3) is 0 Å². The number of phenols is 1. The third-order valence-corrected chi connectivity index (χ3v) is 2.21. The maximum Gasteiger partial charge on any atom is 0.119 e. The monoisotopic (exact) mass is 180 g/mol. The van der Waals surface area contributed by atoms with E-state index in [-0.39, 0.29) is 5.75 Å². The molecule has 2 nitrogen and oxygen atoms in total. The molecule has 0 saturated heterocycles. The highest BCUT2D eigenvalue weighted by atomic mass is 16.3. The zero-order chi connectivity index (χ0) is 10.0. The Bertz CT molecular complexity index is 303. The van der Waals surface area contributed by atoms with Crippen LogP contribution in [0.1, 0.15) is 23.6 Å². The van der Waals surface area contributed by atoms with Crippen LogP contribution in [0.3, 0.4) is 0 Å². The van der Waals surface area contributed by atoms with Gasteiger partial charge in [-0.1, -0.05) is 6.07 Å². The van der Waals surface area contributed by atoms with Crippen LogP contribution in [0.15, 0.2) is 12.1 Å². The molecule has 0 aliphatic carbocycles. The van der Waals surface area contributed by atoms with E-state index in [2.05, 4.69) is 0 Å². The van der Waals surface area contributed by atoms with Crippen molar-refractivity contribution in [2.24, 2.45) is 0 Å². The Balaban J connectivity index is 3.01. The molecule has 0 saturated carbocycles. The van der Waals surface area contributed by atoms with Gasteiger partial charge in [0.25, 0.3) is 0 Å². The predicted molar refractivity (Wildman–Crippen MR) is 53.0 cm³/mol. The molecule has 2 heteroatoms. The van der Waals surface area contributed by atoms with Gasteiger partial charge in [-0.05, 0) is 43.5 Å². The third-order valence-electron chi connectivity index (χ3n) is 2.21. The van der Waals surface area contributed by atoms with Crippen LogP contribution < -0.4 is 0 Å². The Hall–Kier alpha value is -1.02. The maximum absolute atomic E-state index is 9.55. The lowest BCUT2D eigenvalue weighted by Crippen LogP contribution is -2.04. The lowest BCUT2D eigenvalue weighted by atomic mass is 10.0. The molecule has 1 rings (SSSR count). The van der Waals surface area contributed by atoms with E-state index in [9.17, 15) is 10.2 Å². The summed E-state index contributed by atoms with van der Waals surface area (Å²) < 4.78 is 0. The molecule has 0 spiro atoms. The Kier molecular flexibility index (Phi) is 2.94. The SMILES string of the molecule is Cc1cc(O)c(C[C@@H](C)O)cc1C. The molecule has 0 fully saturated rings. The fourth-order valence-electron chi connectivity index (χ4n) is 1.34. The number of hydrogen-bond acceptors (Lipinski definition) is 2. The summed E-state index contributed by atoms with van der Waals surface area (Å²) in [7, 11) is 0. The lowest BCUT2D eigenvalue weighted by molar-refractivity contribution is 0.194. The van der Waals surface area contributed by atoms with Gasteiger partial charge in [0.2, 0.25) is 0 Å². The Morgan fingerprint density at radius 1 is 1.23 bits per heavy atom. The average Bonchev–Trinajstić information content (AvgIpc) is 1.99. The van der Waals surface area contributed by atoms with Crippen LogP contribution in [0.5, 0.6) is 5.75 Å². The van der Waals surface area contributed by atoms with Crippen molar-refractivity contribution in [2.75, 3.05) is 0 Å². The van der Waals surface area contributed by atoms with Crippen molar-refractivity contribution in [3.8, 4) is 5.75 Å². The van der Waals surface area contributed by atoms with E-state index >= 15 is 0 Å². The summed E-state index contributed by atoms with van der Waals surface area (Å²) in [5.74, 6) is 0.281. The van der Waals surface area contributed by atoms with Crippen LogP contribution in [-0.4, -0.2) is 16.3 Å². The second-order valence-corrected chi connectivity index (χ2v) is 3.62. The van der Waals surface area contributed by atoms with Gasteiger partial charge in [0.15, 0.2) is 0 Å². The van der Waals surface area contributed by atoms with Crippen LogP contribution in [0.4, 0.5) is 0 Å². The molecular formula is C11H16O2. The molecule has 0 bridgehead atoms. The average molecular weight is 180 g/mol. The smallest absolute Gasteiger partial charge is 0.119 e. The van der Waals surface area contributed by atoms with Crippen LogP contribution in [0.2, 0.25) is 0 Å². The van der Waals surface area contributed by atoms with E-state index in [1.54, 1.807) is 13.0 Å². The first-order valence-electron chi connectivity index (χ1n) is 4.48. The molecule has 1 atom stereocenters. The summed E-state index contributed by atoms with van der Waals surface area (Å²) in [5.41, 5.74) is 3.04. The third kappa shape index (κ3) is 2.46. The molecule has 2 N–H and O–H groups in total. The van der Waals surface area contributed by atoms with Crippen molar-refractivity contribution >= 4 is 0 Å². The molecule has 13 heavy (non-hydrogen) atoms. The van der Waals surface area contributed by atoms with Gasteiger partial charge < -0.3 is 10.2 Å². The molecule has 0 heterocycles. The summed E-state index contributed by atoms with van der Waals surface area (Å²) in [6.45, 7) is 5.68. The number of rotatable bonds is 2. The lowest BCUT2D eigenvalue weighted by Gasteiger charge is -2.09. The van der Waals surface area contributed by atoms with E-state index in [0.29, 0.717) is 6.42 Å². The zero-order valence-corrected chi connectivity index (χ0v) is 8.33. The van der Waals surface area contributed by atoms with Crippen LogP contribution >= 0.6 is 0 Å². The van der Waals surface area contributed by atoms with Gasteiger partial charge in [0.05, 0.1) is 6.10 Å². The van der Waals surface area contributed by atoms with Crippen molar-refractivity contribution in [1.82, 2.24) is 0 Å². The molecule has 1 aromatic carbocycles. The van der Waals surface area contributed by atoms with E-state index in [0.717, 1.165) is 16.7 Å². The fraction of sp³-hybridized carbons (Fsp3) is 0.455. The Labute approximate surface area is 78.8 Å². The van der Waals surface area contributed by atoms with Gasteiger partial charge in [-0.2, -0.15) is 0 Å². The number of aliphatic hydroxyl groups excluding tert-OH is 1. The summed E-state index contributed by atoms with van der Waals surface area (Å²) in [6, 6.07) is 3.67. The van der Waals surface area contributed by atoms with Gasteiger partial charge in [0.1, 0.15) is 5.75 Å². The minimum atomic E-state index is -0.409. The van der Waals surface area contributed by atoms with E-state index in [4.69, 9.17) is 0 Å². The molecule has 0 unspecified atom stereocenters. The van der Waals surface area contributed by atoms with E-state index in [1.165, 1.54) is 0 Å². The number of phenolic OH excluding ortho intramolecular Hbond substituents is 1. The number of aliphatic hydroxyl groups is 1. The van der Waals surface area contributed by atoms with Crippen molar-refractivity contribution in [1.29, 1.82) is 0 Å². The minimum absolute atomic E-state index is 0.281. The molecule has 0 aromatic heterocycles. The molecule has 1 aromatic rings. The van der Waals surface area contributed by atoms with Gasteiger partial charge >= 0.3 is 0 Å². The first kappa shape index (κ1) is 10.1. The van der Waals surface area contributed by atoms with E-state index in [1.807, 2.05) is 19.9 Å². The predicted octanol–water partition coefficient (Wildman–Crippen LogP) is 1.93. The molecule has 72 valence electrons. The highest BCUT2D eigenvalue weighted by Crippen LogP contribution is 2.22. The second-order valence-electron chi connectivity index (χ2n) is 3.62. The topological polar surface area (TPSA) is 40.5 Å². The normalized spacial score (nSPS) is 12.9. The number of aryl methyl sites for hydroxylation is 2. The van der Waals surface area contributed by atoms with Gasteiger partial charge in [-0.15, -0.1) is 0 Å². The number of hydrogen-bond donors (Lipinski definition) is 2. The molecule has 0 aliphatic rings.